The maximum absolute atomic E-state index is 5.84. The van der Waals surface area contributed by atoms with Gasteiger partial charge in [-0.1, -0.05) is 72.8 Å². The van der Waals surface area contributed by atoms with Gasteiger partial charge in [0, 0.05) is 5.69 Å². The van der Waals surface area contributed by atoms with Gasteiger partial charge in [-0.25, -0.2) is 0 Å². The SMILES string of the molecule is Nc1ccc(C(P)(c2ccccc2)c2ccccc2)cc1. The number of hydrogen-bond donors (Lipinski definition) is 1. The number of rotatable bonds is 3. The maximum Gasteiger partial charge on any atom is 0.0591 e. The fourth-order valence-electron chi connectivity index (χ4n) is 2.65. The normalized spacial score (nSPS) is 11.3. The van der Waals surface area contributed by atoms with Crippen LogP contribution < -0.4 is 5.73 Å². The van der Waals surface area contributed by atoms with Gasteiger partial charge >= 0.3 is 0 Å². The number of anilines is 1. The van der Waals surface area contributed by atoms with Gasteiger partial charge in [0.1, 0.15) is 0 Å². The minimum Gasteiger partial charge on any atom is -0.399 e. The van der Waals surface area contributed by atoms with E-state index in [-0.39, 0.29) is 5.16 Å². The Kier molecular flexibility index (Phi) is 3.77. The largest absolute Gasteiger partial charge is 0.399 e. The third kappa shape index (κ3) is 2.57. The molecule has 0 radical (unpaired) electrons. The summed E-state index contributed by atoms with van der Waals surface area (Å²) in [6.45, 7) is 0. The molecule has 3 aromatic carbocycles. The predicted octanol–water partition coefficient (Wildman–Crippen LogP) is 4.44. The van der Waals surface area contributed by atoms with E-state index in [1.807, 2.05) is 24.3 Å². The Morgan fingerprint density at radius 1 is 0.571 bits per heavy atom. The Bertz CT molecular complexity index is 666. The van der Waals surface area contributed by atoms with E-state index in [2.05, 4.69) is 69.9 Å². The highest BCUT2D eigenvalue weighted by Gasteiger charge is 2.30. The smallest absolute Gasteiger partial charge is 0.0591 e. The van der Waals surface area contributed by atoms with Crippen LogP contribution in [0.5, 0.6) is 0 Å². The van der Waals surface area contributed by atoms with Crippen LogP contribution in [-0.2, 0) is 5.16 Å². The summed E-state index contributed by atoms with van der Waals surface area (Å²) in [5.41, 5.74) is 10.3. The van der Waals surface area contributed by atoms with E-state index in [0.717, 1.165) is 5.69 Å². The molecule has 2 heteroatoms. The average molecular weight is 291 g/mol. The van der Waals surface area contributed by atoms with Crippen molar-refractivity contribution in [3.05, 3.63) is 102 Å². The Morgan fingerprint density at radius 2 is 0.952 bits per heavy atom. The average Bonchev–Trinajstić information content (AvgIpc) is 2.56. The van der Waals surface area contributed by atoms with Crippen molar-refractivity contribution >= 4 is 14.9 Å². The van der Waals surface area contributed by atoms with E-state index in [1.165, 1.54) is 16.7 Å². The van der Waals surface area contributed by atoms with Crippen molar-refractivity contribution in [1.82, 2.24) is 0 Å². The molecule has 1 atom stereocenters. The molecule has 0 spiro atoms. The topological polar surface area (TPSA) is 26.0 Å². The second-order valence-corrected chi connectivity index (χ2v) is 6.03. The standard InChI is InChI=1S/C19H18NP/c20-18-13-11-17(12-14-18)19(21,15-7-3-1-4-8-15)16-9-5-2-6-10-16/h1-14H,20-21H2. The zero-order chi connectivity index (χ0) is 14.7. The van der Waals surface area contributed by atoms with Gasteiger partial charge in [0.15, 0.2) is 0 Å². The van der Waals surface area contributed by atoms with Crippen molar-refractivity contribution in [2.24, 2.45) is 0 Å². The summed E-state index contributed by atoms with van der Waals surface area (Å²) in [6, 6.07) is 29.2. The summed E-state index contributed by atoms with van der Waals surface area (Å²) >= 11 is 0. The highest BCUT2D eigenvalue weighted by molar-refractivity contribution is 7.19. The Morgan fingerprint density at radius 3 is 1.38 bits per heavy atom. The molecule has 0 fully saturated rings. The van der Waals surface area contributed by atoms with E-state index >= 15 is 0 Å². The summed E-state index contributed by atoms with van der Waals surface area (Å²) < 4.78 is 0. The third-order valence-electron chi connectivity index (χ3n) is 3.82. The molecular weight excluding hydrogens is 273 g/mol. The fourth-order valence-corrected chi connectivity index (χ4v) is 3.23. The molecule has 0 aromatic heterocycles. The summed E-state index contributed by atoms with van der Waals surface area (Å²) in [5.74, 6) is 0. The van der Waals surface area contributed by atoms with E-state index < -0.39 is 0 Å². The van der Waals surface area contributed by atoms with Crippen LogP contribution in [0.15, 0.2) is 84.9 Å². The molecule has 0 saturated heterocycles. The summed E-state index contributed by atoms with van der Waals surface area (Å²) in [6.07, 6.45) is 0. The Balaban J connectivity index is 2.23. The fraction of sp³-hybridized carbons (Fsp3) is 0.0526. The quantitative estimate of drug-likeness (QED) is 0.431. The van der Waals surface area contributed by atoms with Crippen molar-refractivity contribution in [1.29, 1.82) is 0 Å². The molecule has 1 unspecified atom stereocenters. The van der Waals surface area contributed by atoms with Crippen LogP contribution in [0.4, 0.5) is 5.69 Å². The lowest BCUT2D eigenvalue weighted by atomic mass is 9.84. The monoisotopic (exact) mass is 291 g/mol. The lowest BCUT2D eigenvalue weighted by Gasteiger charge is -2.31. The maximum atomic E-state index is 5.84. The van der Waals surface area contributed by atoms with Crippen LogP contribution in [-0.4, -0.2) is 0 Å². The highest BCUT2D eigenvalue weighted by Crippen LogP contribution is 2.44. The number of nitrogens with two attached hydrogens (primary N) is 1. The Hall–Kier alpha value is -2.11. The van der Waals surface area contributed by atoms with Gasteiger partial charge < -0.3 is 5.73 Å². The first kappa shape index (κ1) is 13.9. The van der Waals surface area contributed by atoms with E-state index in [0.29, 0.717) is 0 Å². The van der Waals surface area contributed by atoms with Gasteiger partial charge in [-0.15, -0.1) is 9.24 Å². The summed E-state index contributed by atoms with van der Waals surface area (Å²) in [5, 5.41) is -0.268. The van der Waals surface area contributed by atoms with Crippen LogP contribution in [0.3, 0.4) is 0 Å². The van der Waals surface area contributed by atoms with Crippen LogP contribution in [0, 0.1) is 0 Å². The number of nitrogen functional groups attached to an aromatic ring is 1. The molecule has 1 nitrogen and oxygen atoms in total. The molecule has 0 amide bonds. The Labute approximate surface area is 128 Å². The van der Waals surface area contributed by atoms with Gasteiger partial charge in [0.2, 0.25) is 0 Å². The van der Waals surface area contributed by atoms with Crippen LogP contribution in [0.2, 0.25) is 0 Å². The van der Waals surface area contributed by atoms with E-state index in [9.17, 15) is 0 Å². The molecule has 0 aliphatic rings. The molecule has 0 aliphatic carbocycles. The van der Waals surface area contributed by atoms with Crippen molar-refractivity contribution < 1.29 is 0 Å². The molecule has 21 heavy (non-hydrogen) atoms. The highest BCUT2D eigenvalue weighted by atomic mass is 31.0. The summed E-state index contributed by atoms with van der Waals surface area (Å²) in [7, 11) is 3.03. The van der Waals surface area contributed by atoms with Crippen molar-refractivity contribution in [3.8, 4) is 0 Å². The third-order valence-corrected chi connectivity index (χ3v) is 4.82. The molecule has 3 rings (SSSR count). The van der Waals surface area contributed by atoms with Gasteiger partial charge in [0.05, 0.1) is 5.16 Å². The van der Waals surface area contributed by atoms with Crippen molar-refractivity contribution in [2.75, 3.05) is 5.73 Å². The van der Waals surface area contributed by atoms with Gasteiger partial charge in [-0.2, -0.15) is 0 Å². The van der Waals surface area contributed by atoms with Gasteiger partial charge in [0.25, 0.3) is 0 Å². The van der Waals surface area contributed by atoms with Gasteiger partial charge in [-0.3, -0.25) is 0 Å². The zero-order valence-electron chi connectivity index (χ0n) is 11.7. The summed E-state index contributed by atoms with van der Waals surface area (Å²) in [4.78, 5) is 0. The minimum atomic E-state index is -0.268. The molecule has 0 aliphatic heterocycles. The molecular formula is C19H18NP. The van der Waals surface area contributed by atoms with Crippen LogP contribution >= 0.6 is 9.24 Å². The lowest BCUT2D eigenvalue weighted by Crippen LogP contribution is -2.21. The molecule has 0 heterocycles. The number of hydrogen-bond acceptors (Lipinski definition) is 1. The first-order valence-corrected chi connectivity index (χ1v) is 7.55. The van der Waals surface area contributed by atoms with Crippen LogP contribution in [0.25, 0.3) is 0 Å². The number of benzene rings is 3. The minimum absolute atomic E-state index is 0.268. The second-order valence-electron chi connectivity index (χ2n) is 5.16. The van der Waals surface area contributed by atoms with Crippen LogP contribution in [0.1, 0.15) is 16.7 Å². The molecule has 2 N–H and O–H groups in total. The molecule has 3 aromatic rings. The van der Waals surface area contributed by atoms with Gasteiger partial charge in [-0.05, 0) is 28.8 Å². The first-order valence-electron chi connectivity index (χ1n) is 6.97. The van der Waals surface area contributed by atoms with E-state index in [1.54, 1.807) is 0 Å². The van der Waals surface area contributed by atoms with Crippen molar-refractivity contribution in [2.45, 2.75) is 5.16 Å². The van der Waals surface area contributed by atoms with E-state index in [4.69, 9.17) is 5.73 Å². The molecule has 0 bridgehead atoms. The first-order chi connectivity index (χ1) is 10.2. The van der Waals surface area contributed by atoms with Crippen molar-refractivity contribution in [3.63, 3.8) is 0 Å². The molecule has 104 valence electrons. The second kappa shape index (κ2) is 5.71. The molecule has 0 saturated carbocycles. The predicted molar refractivity (Wildman–Crippen MR) is 93.3 cm³/mol. The lowest BCUT2D eigenvalue weighted by molar-refractivity contribution is 0.897. The zero-order valence-corrected chi connectivity index (χ0v) is 12.9.